The first-order valence-electron chi connectivity index (χ1n) is 10.1. The summed E-state index contributed by atoms with van der Waals surface area (Å²) in [4.78, 5) is 14.5. The number of nitrogens with zero attached hydrogens (tertiary/aromatic N) is 1. The van der Waals surface area contributed by atoms with Gasteiger partial charge < -0.3 is 9.64 Å². The van der Waals surface area contributed by atoms with E-state index < -0.39 is 0 Å². The molecule has 0 spiro atoms. The van der Waals surface area contributed by atoms with Gasteiger partial charge in [0.2, 0.25) is 0 Å². The van der Waals surface area contributed by atoms with Gasteiger partial charge in [-0.2, -0.15) is 11.8 Å². The fraction of sp³-hybridized carbons (Fsp3) is 0.240. The van der Waals surface area contributed by atoms with Crippen molar-refractivity contribution < 1.29 is 13.9 Å². The zero-order chi connectivity index (χ0) is 20.8. The van der Waals surface area contributed by atoms with Gasteiger partial charge in [0, 0.05) is 29.7 Å². The Kier molecular flexibility index (Phi) is 6.70. The molecule has 154 valence electrons. The van der Waals surface area contributed by atoms with Crippen LogP contribution in [-0.2, 0) is 4.79 Å². The topological polar surface area (TPSA) is 29.5 Å². The number of carbonyl (C=O) groups excluding carboxylic acids is 1. The van der Waals surface area contributed by atoms with Gasteiger partial charge in [0.25, 0.3) is 5.91 Å². The number of halogens is 1. The zero-order valence-corrected chi connectivity index (χ0v) is 17.5. The van der Waals surface area contributed by atoms with E-state index in [0.29, 0.717) is 18.8 Å². The van der Waals surface area contributed by atoms with Crippen molar-refractivity contribution in [1.82, 2.24) is 4.90 Å². The van der Waals surface area contributed by atoms with Gasteiger partial charge in [0.1, 0.15) is 11.6 Å². The predicted molar refractivity (Wildman–Crippen MR) is 120 cm³/mol. The van der Waals surface area contributed by atoms with Crippen LogP contribution in [0.1, 0.15) is 17.2 Å². The van der Waals surface area contributed by atoms with Crippen LogP contribution in [0.2, 0.25) is 0 Å². The molecule has 0 bridgehead atoms. The number of benzene rings is 3. The molecule has 30 heavy (non-hydrogen) atoms. The summed E-state index contributed by atoms with van der Waals surface area (Å²) in [5.41, 5.74) is 2.98. The molecule has 0 saturated carbocycles. The Balaban J connectivity index is 1.30. The normalized spacial score (nSPS) is 16.7. The zero-order valence-electron chi connectivity index (χ0n) is 16.7. The van der Waals surface area contributed by atoms with E-state index in [1.807, 2.05) is 59.5 Å². The first-order chi connectivity index (χ1) is 14.7. The summed E-state index contributed by atoms with van der Waals surface area (Å²) in [6, 6.07) is 24.8. The lowest BCUT2D eigenvalue weighted by atomic mass is 10.1. The lowest BCUT2D eigenvalue weighted by Gasteiger charge is -2.20. The molecule has 1 aliphatic rings. The van der Waals surface area contributed by atoms with Crippen molar-refractivity contribution in [2.45, 2.75) is 11.7 Å². The van der Waals surface area contributed by atoms with E-state index >= 15 is 0 Å². The van der Waals surface area contributed by atoms with Gasteiger partial charge in [-0.1, -0.05) is 60.7 Å². The van der Waals surface area contributed by atoms with Crippen LogP contribution in [0.5, 0.6) is 5.75 Å². The smallest absolute Gasteiger partial charge is 0.260 e. The number of thioether (sulfide) groups is 1. The summed E-state index contributed by atoms with van der Waals surface area (Å²) in [7, 11) is 0. The molecule has 0 aliphatic carbocycles. The summed E-state index contributed by atoms with van der Waals surface area (Å²) in [6.45, 7) is 1.28. The molecule has 5 heteroatoms. The minimum absolute atomic E-state index is 0.0136. The van der Waals surface area contributed by atoms with Crippen LogP contribution in [0, 0.1) is 5.82 Å². The van der Waals surface area contributed by atoms with Gasteiger partial charge >= 0.3 is 0 Å². The molecule has 1 amide bonds. The van der Waals surface area contributed by atoms with Crippen molar-refractivity contribution in [2.75, 3.05) is 25.4 Å². The molecule has 0 aromatic heterocycles. The Labute approximate surface area is 180 Å². The van der Waals surface area contributed by atoms with Crippen LogP contribution < -0.4 is 4.74 Å². The molecular weight excluding hydrogens is 397 g/mol. The van der Waals surface area contributed by atoms with E-state index in [9.17, 15) is 9.18 Å². The largest absolute Gasteiger partial charge is 0.484 e. The summed E-state index contributed by atoms with van der Waals surface area (Å²) < 4.78 is 19.8. The van der Waals surface area contributed by atoms with Crippen molar-refractivity contribution >= 4 is 17.7 Å². The van der Waals surface area contributed by atoms with Crippen molar-refractivity contribution in [1.29, 1.82) is 0 Å². The molecule has 1 heterocycles. The molecule has 1 unspecified atom stereocenters. The highest BCUT2D eigenvalue weighted by Gasteiger charge is 2.23. The van der Waals surface area contributed by atoms with E-state index in [4.69, 9.17) is 4.74 Å². The average molecular weight is 422 g/mol. The molecule has 3 aromatic rings. The van der Waals surface area contributed by atoms with Crippen LogP contribution in [-0.4, -0.2) is 36.3 Å². The standard InChI is InChI=1S/C25H24FNO2S/c26-23-9-5-4-8-22(23)24-14-15-27(16-17-30-24)25(28)18-29-21-12-10-20(11-13-21)19-6-2-1-3-7-19/h1-13,24H,14-18H2. The van der Waals surface area contributed by atoms with Crippen molar-refractivity contribution in [2.24, 2.45) is 0 Å². The van der Waals surface area contributed by atoms with Gasteiger partial charge in [-0.3, -0.25) is 4.79 Å². The molecule has 3 nitrogen and oxygen atoms in total. The molecule has 0 N–H and O–H groups in total. The monoisotopic (exact) mass is 421 g/mol. The third kappa shape index (κ3) is 5.03. The van der Waals surface area contributed by atoms with Crippen molar-refractivity contribution in [3.63, 3.8) is 0 Å². The molecule has 1 fully saturated rings. The lowest BCUT2D eigenvalue weighted by Crippen LogP contribution is -2.36. The fourth-order valence-electron chi connectivity index (χ4n) is 3.61. The Morgan fingerprint density at radius 1 is 0.933 bits per heavy atom. The second kappa shape index (κ2) is 9.81. The molecule has 1 saturated heterocycles. The van der Waals surface area contributed by atoms with Crippen LogP contribution >= 0.6 is 11.8 Å². The van der Waals surface area contributed by atoms with E-state index in [0.717, 1.165) is 28.9 Å². The van der Waals surface area contributed by atoms with E-state index in [1.165, 1.54) is 6.07 Å². The predicted octanol–water partition coefficient (Wildman–Crippen LogP) is 5.58. The summed E-state index contributed by atoms with van der Waals surface area (Å²) >= 11 is 1.71. The Bertz CT molecular complexity index is 978. The molecule has 1 atom stereocenters. The fourth-order valence-corrected chi connectivity index (χ4v) is 4.87. The van der Waals surface area contributed by atoms with Crippen LogP contribution in [0.3, 0.4) is 0 Å². The Morgan fingerprint density at radius 2 is 1.63 bits per heavy atom. The molecule has 0 radical (unpaired) electrons. The third-order valence-corrected chi connectivity index (χ3v) is 6.58. The number of hydrogen-bond acceptors (Lipinski definition) is 3. The minimum atomic E-state index is -0.169. The summed E-state index contributed by atoms with van der Waals surface area (Å²) in [5, 5.41) is 0.0791. The highest BCUT2D eigenvalue weighted by Crippen LogP contribution is 2.35. The van der Waals surface area contributed by atoms with Crippen LogP contribution in [0.25, 0.3) is 11.1 Å². The first kappa shape index (κ1) is 20.5. The summed E-state index contributed by atoms with van der Waals surface area (Å²) in [5.74, 6) is 1.27. The number of amides is 1. The van der Waals surface area contributed by atoms with Gasteiger partial charge in [0.15, 0.2) is 6.61 Å². The maximum Gasteiger partial charge on any atom is 0.260 e. The third-order valence-electron chi connectivity index (χ3n) is 5.27. The number of rotatable bonds is 5. The van der Waals surface area contributed by atoms with Gasteiger partial charge in [0.05, 0.1) is 0 Å². The SMILES string of the molecule is O=C(COc1ccc(-c2ccccc2)cc1)N1CCSC(c2ccccc2F)CC1. The average Bonchev–Trinajstić information content (AvgIpc) is 3.05. The number of carbonyl (C=O) groups is 1. The number of hydrogen-bond donors (Lipinski definition) is 0. The van der Waals surface area contributed by atoms with E-state index in [-0.39, 0.29) is 23.6 Å². The Morgan fingerprint density at radius 3 is 2.40 bits per heavy atom. The highest BCUT2D eigenvalue weighted by atomic mass is 32.2. The van der Waals surface area contributed by atoms with Gasteiger partial charge in [-0.15, -0.1) is 0 Å². The maximum atomic E-state index is 14.1. The molecule has 4 rings (SSSR count). The molecule has 1 aliphatic heterocycles. The second-order valence-corrected chi connectivity index (χ2v) is 8.54. The maximum absolute atomic E-state index is 14.1. The van der Waals surface area contributed by atoms with Crippen LogP contribution in [0.4, 0.5) is 4.39 Å². The lowest BCUT2D eigenvalue weighted by molar-refractivity contribution is -0.133. The summed E-state index contributed by atoms with van der Waals surface area (Å²) in [6.07, 6.45) is 0.739. The minimum Gasteiger partial charge on any atom is -0.484 e. The first-order valence-corrected chi connectivity index (χ1v) is 11.2. The van der Waals surface area contributed by atoms with E-state index in [2.05, 4.69) is 12.1 Å². The quantitative estimate of drug-likeness (QED) is 0.539. The van der Waals surface area contributed by atoms with Crippen molar-refractivity contribution in [3.05, 3.63) is 90.2 Å². The van der Waals surface area contributed by atoms with E-state index in [1.54, 1.807) is 17.8 Å². The molecular formula is C25H24FNO2S. The highest BCUT2D eigenvalue weighted by molar-refractivity contribution is 7.99. The van der Waals surface area contributed by atoms with Gasteiger partial charge in [-0.05, 0) is 35.7 Å². The molecule has 3 aromatic carbocycles. The van der Waals surface area contributed by atoms with Crippen LogP contribution in [0.15, 0.2) is 78.9 Å². The Hall–Kier alpha value is -2.79. The van der Waals surface area contributed by atoms with Gasteiger partial charge in [-0.25, -0.2) is 4.39 Å². The second-order valence-electron chi connectivity index (χ2n) is 7.23. The number of ether oxygens (including phenoxy) is 1. The van der Waals surface area contributed by atoms with Crippen molar-refractivity contribution in [3.8, 4) is 16.9 Å².